The fourth-order valence-corrected chi connectivity index (χ4v) is 5.58. The van der Waals surface area contributed by atoms with Crippen LogP contribution >= 0.6 is 0 Å². The second kappa shape index (κ2) is 5.26. The molecule has 6 nitrogen and oxygen atoms in total. The fraction of sp³-hybridized carbons (Fsp3) is 0.538. The second-order valence-corrected chi connectivity index (χ2v) is 9.55. The Morgan fingerprint density at radius 1 is 1.05 bits per heavy atom. The van der Waals surface area contributed by atoms with Crippen molar-refractivity contribution in [2.24, 2.45) is 0 Å². The largest absolute Gasteiger partial charge is 0.380 e. The Hall–Kier alpha value is -1.12. The lowest BCUT2D eigenvalue weighted by Gasteiger charge is -2.16. The van der Waals surface area contributed by atoms with Crippen molar-refractivity contribution in [2.75, 3.05) is 16.8 Å². The monoisotopic (exact) mass is 330 g/mol. The van der Waals surface area contributed by atoms with E-state index in [2.05, 4.69) is 10.0 Å². The van der Waals surface area contributed by atoms with Crippen LogP contribution < -0.4 is 10.0 Å². The molecule has 3 rings (SSSR count). The summed E-state index contributed by atoms with van der Waals surface area (Å²) in [5, 5.41) is 3.07. The fourth-order valence-electron chi connectivity index (χ4n) is 2.43. The third-order valence-electron chi connectivity index (χ3n) is 3.67. The molecule has 0 bridgehead atoms. The number of sulfonamides is 1. The highest BCUT2D eigenvalue weighted by molar-refractivity contribution is 7.91. The third kappa shape index (κ3) is 3.56. The van der Waals surface area contributed by atoms with Gasteiger partial charge in [-0.05, 0) is 31.4 Å². The Labute approximate surface area is 124 Å². The van der Waals surface area contributed by atoms with Crippen LogP contribution in [-0.4, -0.2) is 40.4 Å². The standard InChI is InChI=1S/C13H18N2O4S2/c16-20(17)8-7-11(9-20)14-12-3-1-2-4-13(12)21(18,19)15-10-5-6-10/h1-4,10-11,14-15H,5-9H2. The van der Waals surface area contributed by atoms with Crippen molar-refractivity contribution in [3.8, 4) is 0 Å². The first kappa shape index (κ1) is 14.8. The van der Waals surface area contributed by atoms with Gasteiger partial charge in [-0.2, -0.15) is 0 Å². The first-order valence-electron chi connectivity index (χ1n) is 6.94. The van der Waals surface area contributed by atoms with Gasteiger partial charge in [-0.15, -0.1) is 0 Å². The van der Waals surface area contributed by atoms with E-state index in [1.54, 1.807) is 18.2 Å². The molecular weight excluding hydrogens is 312 g/mol. The van der Waals surface area contributed by atoms with Crippen molar-refractivity contribution in [1.82, 2.24) is 4.72 Å². The van der Waals surface area contributed by atoms with Gasteiger partial charge >= 0.3 is 0 Å². The molecule has 8 heteroatoms. The Kier molecular flexibility index (Phi) is 3.71. The molecule has 116 valence electrons. The van der Waals surface area contributed by atoms with E-state index in [9.17, 15) is 16.8 Å². The van der Waals surface area contributed by atoms with Crippen molar-refractivity contribution in [2.45, 2.75) is 36.2 Å². The highest BCUT2D eigenvalue weighted by atomic mass is 32.2. The van der Waals surface area contributed by atoms with E-state index in [0.29, 0.717) is 12.1 Å². The predicted octanol–water partition coefficient (Wildman–Crippen LogP) is 0.726. The van der Waals surface area contributed by atoms with Crippen molar-refractivity contribution in [3.05, 3.63) is 24.3 Å². The molecule has 1 aliphatic heterocycles. The lowest BCUT2D eigenvalue weighted by atomic mass is 10.2. The molecule has 21 heavy (non-hydrogen) atoms. The molecule has 1 aromatic carbocycles. The topological polar surface area (TPSA) is 92.3 Å². The summed E-state index contributed by atoms with van der Waals surface area (Å²) >= 11 is 0. The van der Waals surface area contributed by atoms with Crippen LogP contribution in [0.2, 0.25) is 0 Å². The van der Waals surface area contributed by atoms with Crippen molar-refractivity contribution >= 4 is 25.5 Å². The summed E-state index contributed by atoms with van der Waals surface area (Å²) in [5.41, 5.74) is 0.466. The Morgan fingerprint density at radius 2 is 1.76 bits per heavy atom. The van der Waals surface area contributed by atoms with E-state index >= 15 is 0 Å². The van der Waals surface area contributed by atoms with E-state index in [0.717, 1.165) is 12.8 Å². The zero-order valence-electron chi connectivity index (χ0n) is 11.4. The summed E-state index contributed by atoms with van der Waals surface area (Å²) in [5.74, 6) is 0.206. The van der Waals surface area contributed by atoms with Crippen LogP contribution in [0.4, 0.5) is 5.69 Å². The van der Waals surface area contributed by atoms with Crippen molar-refractivity contribution < 1.29 is 16.8 Å². The molecule has 2 fully saturated rings. The average molecular weight is 330 g/mol. The van der Waals surface area contributed by atoms with Gasteiger partial charge in [0.2, 0.25) is 10.0 Å². The summed E-state index contributed by atoms with van der Waals surface area (Å²) in [6.07, 6.45) is 2.25. The van der Waals surface area contributed by atoms with E-state index < -0.39 is 19.9 Å². The summed E-state index contributed by atoms with van der Waals surface area (Å²) in [7, 11) is -6.56. The second-order valence-electron chi connectivity index (χ2n) is 5.64. The molecular formula is C13H18N2O4S2. The van der Waals surface area contributed by atoms with Gasteiger partial charge in [0.05, 0.1) is 17.2 Å². The van der Waals surface area contributed by atoms with Gasteiger partial charge in [0.15, 0.2) is 9.84 Å². The summed E-state index contributed by atoms with van der Waals surface area (Å²) in [4.78, 5) is 0.182. The zero-order chi connectivity index (χ0) is 15.1. The molecule has 1 atom stereocenters. The molecule has 0 spiro atoms. The quantitative estimate of drug-likeness (QED) is 0.830. The maximum Gasteiger partial charge on any atom is 0.242 e. The number of sulfone groups is 1. The summed E-state index contributed by atoms with van der Waals surface area (Å²) in [6, 6.07) is 6.42. The number of rotatable bonds is 5. The molecule has 0 amide bonds. The van der Waals surface area contributed by atoms with Crippen LogP contribution in [0, 0.1) is 0 Å². The summed E-state index contributed by atoms with van der Waals surface area (Å²) < 4.78 is 50.3. The number of para-hydroxylation sites is 1. The molecule has 1 heterocycles. The highest BCUT2D eigenvalue weighted by Gasteiger charge is 2.31. The SMILES string of the molecule is O=S1(=O)CCC(Nc2ccccc2S(=O)(=O)NC2CC2)C1. The van der Waals surface area contributed by atoms with Gasteiger partial charge < -0.3 is 5.32 Å². The normalized spacial score (nSPS) is 24.9. The van der Waals surface area contributed by atoms with Crippen LogP contribution in [0.15, 0.2) is 29.2 Å². The van der Waals surface area contributed by atoms with Crippen molar-refractivity contribution in [1.29, 1.82) is 0 Å². The molecule has 1 saturated heterocycles. The lowest BCUT2D eigenvalue weighted by molar-refractivity contribution is 0.581. The van der Waals surface area contributed by atoms with E-state index in [1.165, 1.54) is 6.07 Å². The summed E-state index contributed by atoms with van der Waals surface area (Å²) in [6.45, 7) is 0. The maximum absolute atomic E-state index is 12.3. The lowest BCUT2D eigenvalue weighted by Crippen LogP contribution is -2.28. The van der Waals surface area contributed by atoms with E-state index in [-0.39, 0.29) is 28.5 Å². The molecule has 1 saturated carbocycles. The highest BCUT2D eigenvalue weighted by Crippen LogP contribution is 2.27. The third-order valence-corrected chi connectivity index (χ3v) is 7.01. The number of benzene rings is 1. The van der Waals surface area contributed by atoms with Gasteiger partial charge in [-0.1, -0.05) is 12.1 Å². The number of anilines is 1. The first-order chi connectivity index (χ1) is 9.86. The molecule has 1 aliphatic carbocycles. The number of nitrogens with one attached hydrogen (secondary N) is 2. The maximum atomic E-state index is 12.3. The van der Waals surface area contributed by atoms with Gasteiger partial charge in [0.25, 0.3) is 0 Å². The molecule has 1 aromatic rings. The van der Waals surface area contributed by atoms with Crippen LogP contribution in [0.5, 0.6) is 0 Å². The Morgan fingerprint density at radius 3 is 2.38 bits per heavy atom. The Bertz CT molecular complexity index is 739. The minimum atomic E-state index is -3.56. The van der Waals surface area contributed by atoms with E-state index in [1.807, 2.05) is 0 Å². The number of hydrogen-bond acceptors (Lipinski definition) is 5. The van der Waals surface area contributed by atoms with Gasteiger partial charge in [0.1, 0.15) is 4.90 Å². The first-order valence-corrected chi connectivity index (χ1v) is 10.2. The average Bonchev–Trinajstić information content (AvgIpc) is 3.13. The molecule has 2 aliphatic rings. The molecule has 2 N–H and O–H groups in total. The van der Waals surface area contributed by atoms with E-state index in [4.69, 9.17) is 0 Å². The minimum Gasteiger partial charge on any atom is -0.380 e. The minimum absolute atomic E-state index is 0.0370. The van der Waals surface area contributed by atoms with Gasteiger partial charge in [0, 0.05) is 12.1 Å². The molecule has 1 unspecified atom stereocenters. The van der Waals surface area contributed by atoms with Gasteiger partial charge in [-0.3, -0.25) is 0 Å². The van der Waals surface area contributed by atoms with Crippen molar-refractivity contribution in [3.63, 3.8) is 0 Å². The van der Waals surface area contributed by atoms with Crippen LogP contribution in [0.1, 0.15) is 19.3 Å². The van der Waals surface area contributed by atoms with Crippen LogP contribution in [0.25, 0.3) is 0 Å². The van der Waals surface area contributed by atoms with Crippen LogP contribution in [-0.2, 0) is 19.9 Å². The van der Waals surface area contributed by atoms with Crippen LogP contribution in [0.3, 0.4) is 0 Å². The molecule has 0 aromatic heterocycles. The zero-order valence-corrected chi connectivity index (χ0v) is 13.1. The smallest absolute Gasteiger partial charge is 0.242 e. The molecule has 0 radical (unpaired) electrons. The van der Waals surface area contributed by atoms with Gasteiger partial charge in [-0.25, -0.2) is 21.6 Å². The predicted molar refractivity (Wildman–Crippen MR) is 80.5 cm³/mol. The number of hydrogen-bond donors (Lipinski definition) is 2. The Balaban J connectivity index is 1.82.